The molecule has 0 saturated carbocycles. The average Bonchev–Trinajstić information content (AvgIpc) is 3.35. The van der Waals surface area contributed by atoms with Crippen LogP contribution in [0.15, 0.2) is 55.1 Å². The molecule has 1 fully saturated rings. The van der Waals surface area contributed by atoms with E-state index in [9.17, 15) is 18.0 Å². The molecule has 1 atom stereocenters. The summed E-state index contributed by atoms with van der Waals surface area (Å²) < 4.78 is 37.6. The molecular formula is C19H21N3O6S. The normalized spacial score (nSPS) is 18.1. The van der Waals surface area contributed by atoms with E-state index in [1.807, 2.05) is 6.07 Å². The summed E-state index contributed by atoms with van der Waals surface area (Å²) in [6.07, 6.45) is 3.38. The number of nitrogens with one attached hydrogen (secondary N) is 2. The molecule has 1 aliphatic rings. The molecule has 2 aromatic heterocycles. The smallest absolute Gasteiger partial charge is 0.417 e. The molecule has 9 nitrogen and oxygen atoms in total. The van der Waals surface area contributed by atoms with E-state index >= 15 is 0 Å². The maximum atomic E-state index is 13.0. The Labute approximate surface area is 166 Å². The first-order valence-electron chi connectivity index (χ1n) is 9.36. The Morgan fingerprint density at radius 2 is 2.17 bits per heavy atom. The van der Waals surface area contributed by atoms with E-state index in [1.54, 1.807) is 12.3 Å². The van der Waals surface area contributed by atoms with Gasteiger partial charge in [-0.25, -0.2) is 13.2 Å². The lowest BCUT2D eigenvalue weighted by molar-refractivity contribution is -0.126. The number of oxazole rings is 1. The van der Waals surface area contributed by atoms with E-state index in [0.29, 0.717) is 37.9 Å². The van der Waals surface area contributed by atoms with Crippen LogP contribution < -0.4 is 11.1 Å². The van der Waals surface area contributed by atoms with Crippen molar-refractivity contribution >= 4 is 27.0 Å². The minimum absolute atomic E-state index is 0.0339. The molecule has 3 heterocycles. The number of rotatable bonds is 6. The van der Waals surface area contributed by atoms with Crippen LogP contribution in [0, 0.1) is 5.92 Å². The fourth-order valence-electron chi connectivity index (χ4n) is 3.52. The van der Waals surface area contributed by atoms with Gasteiger partial charge in [-0.2, -0.15) is 4.31 Å². The molecule has 2 N–H and O–H groups in total. The highest BCUT2D eigenvalue weighted by molar-refractivity contribution is 7.89. The summed E-state index contributed by atoms with van der Waals surface area (Å²) in [4.78, 5) is 26.3. The molecule has 10 heteroatoms. The highest BCUT2D eigenvalue weighted by Crippen LogP contribution is 2.25. The number of piperidine rings is 1. The zero-order chi connectivity index (χ0) is 20.4. The van der Waals surface area contributed by atoms with Gasteiger partial charge in [-0.1, -0.05) is 0 Å². The van der Waals surface area contributed by atoms with Gasteiger partial charge in [0.05, 0.1) is 22.6 Å². The summed E-state index contributed by atoms with van der Waals surface area (Å²) in [7, 11) is -3.80. The summed E-state index contributed by atoms with van der Waals surface area (Å²) in [6, 6.07) is 7.88. The van der Waals surface area contributed by atoms with Gasteiger partial charge in [-0.3, -0.25) is 9.78 Å². The van der Waals surface area contributed by atoms with Crippen molar-refractivity contribution < 1.29 is 22.0 Å². The number of aromatic amines is 1. The lowest BCUT2D eigenvalue weighted by atomic mass is 9.99. The molecule has 0 unspecified atom stereocenters. The predicted octanol–water partition coefficient (Wildman–Crippen LogP) is 1.47. The molecular weight excluding hydrogens is 398 g/mol. The summed E-state index contributed by atoms with van der Waals surface area (Å²) in [6.45, 7) is 0.885. The lowest BCUT2D eigenvalue weighted by Gasteiger charge is -2.31. The van der Waals surface area contributed by atoms with Crippen LogP contribution in [0.4, 0.5) is 0 Å². The number of hydrogen-bond donors (Lipinski definition) is 2. The Hall–Kier alpha value is -2.85. The molecule has 1 aromatic carbocycles. The zero-order valence-corrected chi connectivity index (χ0v) is 16.4. The number of fused-ring (bicyclic) bond motifs is 1. The topological polar surface area (TPSA) is 126 Å². The highest BCUT2D eigenvalue weighted by atomic mass is 32.2. The molecule has 0 aliphatic carbocycles. The monoisotopic (exact) mass is 419 g/mol. The quantitative estimate of drug-likeness (QED) is 0.623. The molecule has 0 radical (unpaired) electrons. The first-order chi connectivity index (χ1) is 13.9. The third-order valence-electron chi connectivity index (χ3n) is 5.04. The van der Waals surface area contributed by atoms with E-state index in [2.05, 4.69) is 10.3 Å². The largest absolute Gasteiger partial charge is 0.469 e. The summed E-state index contributed by atoms with van der Waals surface area (Å²) in [5.74, 6) is -0.434. The zero-order valence-electron chi connectivity index (χ0n) is 15.6. The van der Waals surface area contributed by atoms with Gasteiger partial charge in [0.15, 0.2) is 5.58 Å². The standard InChI is InChI=1S/C19H21N3O6S/c23-18(20-8-7-14-4-2-10-27-14)13-3-1-9-22(12-13)29(25,26)15-5-6-16-17(11-15)28-19(24)21-16/h2,4-6,10-11,13H,1,3,7-9,12H2,(H,20,23)(H,21,24)/t13-/m0/s1. The fourth-order valence-corrected chi connectivity index (χ4v) is 5.06. The summed E-state index contributed by atoms with van der Waals surface area (Å²) in [5.41, 5.74) is 0.613. The van der Waals surface area contributed by atoms with Crippen LogP contribution in [-0.4, -0.2) is 43.2 Å². The second kappa shape index (κ2) is 7.88. The Morgan fingerprint density at radius 3 is 2.97 bits per heavy atom. The second-order valence-electron chi connectivity index (χ2n) is 7.00. The Kier molecular flexibility index (Phi) is 5.29. The van der Waals surface area contributed by atoms with Gasteiger partial charge in [0.2, 0.25) is 15.9 Å². The third kappa shape index (κ3) is 4.13. The molecule has 4 rings (SSSR count). The van der Waals surface area contributed by atoms with Crippen molar-refractivity contribution in [3.05, 3.63) is 52.9 Å². The Bertz CT molecular complexity index is 1160. The van der Waals surface area contributed by atoms with E-state index in [1.165, 1.54) is 22.5 Å². The molecule has 1 aliphatic heterocycles. The highest BCUT2D eigenvalue weighted by Gasteiger charge is 2.33. The second-order valence-corrected chi connectivity index (χ2v) is 8.93. The number of aromatic nitrogens is 1. The number of hydrogen-bond acceptors (Lipinski definition) is 6. The number of amides is 1. The van der Waals surface area contributed by atoms with Crippen LogP contribution in [-0.2, 0) is 21.2 Å². The van der Waals surface area contributed by atoms with Gasteiger partial charge >= 0.3 is 5.76 Å². The van der Waals surface area contributed by atoms with Gasteiger partial charge in [-0.15, -0.1) is 0 Å². The average molecular weight is 419 g/mol. The van der Waals surface area contributed by atoms with Crippen molar-refractivity contribution in [1.29, 1.82) is 0 Å². The summed E-state index contributed by atoms with van der Waals surface area (Å²) in [5, 5.41) is 2.86. The van der Waals surface area contributed by atoms with E-state index < -0.39 is 21.7 Å². The van der Waals surface area contributed by atoms with Crippen LogP contribution in [0.2, 0.25) is 0 Å². The molecule has 29 heavy (non-hydrogen) atoms. The van der Waals surface area contributed by atoms with Crippen molar-refractivity contribution in [2.75, 3.05) is 19.6 Å². The Balaban J connectivity index is 1.43. The summed E-state index contributed by atoms with van der Waals surface area (Å²) >= 11 is 0. The van der Waals surface area contributed by atoms with Crippen molar-refractivity contribution in [2.45, 2.75) is 24.2 Å². The van der Waals surface area contributed by atoms with E-state index in [4.69, 9.17) is 8.83 Å². The molecule has 1 amide bonds. The maximum Gasteiger partial charge on any atom is 0.417 e. The van der Waals surface area contributed by atoms with Crippen LogP contribution in [0.5, 0.6) is 0 Å². The van der Waals surface area contributed by atoms with Crippen molar-refractivity contribution in [2.24, 2.45) is 5.92 Å². The first-order valence-corrected chi connectivity index (χ1v) is 10.8. The van der Waals surface area contributed by atoms with Crippen LogP contribution in [0.25, 0.3) is 11.1 Å². The Morgan fingerprint density at radius 1 is 1.31 bits per heavy atom. The predicted molar refractivity (Wildman–Crippen MR) is 104 cm³/mol. The van der Waals surface area contributed by atoms with Gasteiger partial charge in [-0.05, 0) is 37.1 Å². The lowest BCUT2D eigenvalue weighted by Crippen LogP contribution is -2.45. The minimum atomic E-state index is -3.80. The third-order valence-corrected chi connectivity index (χ3v) is 6.90. The van der Waals surface area contributed by atoms with Crippen LogP contribution in [0.3, 0.4) is 0 Å². The number of H-pyrrole nitrogens is 1. The van der Waals surface area contributed by atoms with Gasteiger partial charge in [0, 0.05) is 32.1 Å². The van der Waals surface area contributed by atoms with Crippen molar-refractivity contribution in [1.82, 2.24) is 14.6 Å². The molecule has 0 bridgehead atoms. The van der Waals surface area contributed by atoms with Crippen molar-refractivity contribution in [3.8, 4) is 0 Å². The number of carbonyl (C=O) groups is 1. The van der Waals surface area contributed by atoms with Gasteiger partial charge in [0.1, 0.15) is 5.76 Å². The first kappa shape index (κ1) is 19.5. The maximum absolute atomic E-state index is 13.0. The van der Waals surface area contributed by atoms with Crippen LogP contribution >= 0.6 is 0 Å². The number of benzene rings is 1. The number of sulfonamides is 1. The SMILES string of the molecule is O=C(NCCc1ccco1)[C@H]1CCCN(S(=O)(=O)c2ccc3[nH]c(=O)oc3c2)C1. The van der Waals surface area contributed by atoms with E-state index in [-0.39, 0.29) is 22.9 Å². The molecule has 154 valence electrons. The minimum Gasteiger partial charge on any atom is -0.469 e. The van der Waals surface area contributed by atoms with Crippen LogP contribution in [0.1, 0.15) is 18.6 Å². The molecule has 1 saturated heterocycles. The number of carbonyl (C=O) groups excluding carboxylic acids is 1. The van der Waals surface area contributed by atoms with Gasteiger partial charge in [0.25, 0.3) is 0 Å². The van der Waals surface area contributed by atoms with Gasteiger partial charge < -0.3 is 14.2 Å². The van der Waals surface area contributed by atoms with Crippen molar-refractivity contribution in [3.63, 3.8) is 0 Å². The molecule has 3 aromatic rings. The fraction of sp³-hybridized carbons (Fsp3) is 0.368. The number of nitrogens with zero attached hydrogens (tertiary/aromatic N) is 1. The van der Waals surface area contributed by atoms with E-state index in [0.717, 1.165) is 5.76 Å². The number of furan rings is 1. The molecule has 0 spiro atoms.